The van der Waals surface area contributed by atoms with Crippen molar-refractivity contribution in [1.29, 1.82) is 0 Å². The van der Waals surface area contributed by atoms with Crippen LogP contribution in [0.1, 0.15) is 62.5 Å². The van der Waals surface area contributed by atoms with Crippen LogP contribution in [0.3, 0.4) is 0 Å². The molecule has 0 atom stereocenters. The van der Waals surface area contributed by atoms with Gasteiger partial charge in [-0.25, -0.2) is 0 Å². The van der Waals surface area contributed by atoms with Crippen LogP contribution in [0.15, 0.2) is 24.3 Å². The lowest BCUT2D eigenvalue weighted by Crippen LogP contribution is -2.51. The van der Waals surface area contributed by atoms with Crippen molar-refractivity contribution in [2.45, 2.75) is 70.0 Å². The predicted octanol–water partition coefficient (Wildman–Crippen LogP) is 3.79. The summed E-state index contributed by atoms with van der Waals surface area (Å²) < 4.78 is 0. The summed E-state index contributed by atoms with van der Waals surface area (Å²) in [7, 11) is 0. The van der Waals surface area contributed by atoms with Crippen LogP contribution in [0.25, 0.3) is 0 Å². The van der Waals surface area contributed by atoms with Crippen LogP contribution in [0.2, 0.25) is 0 Å². The molecule has 1 saturated carbocycles. The molecule has 1 aliphatic carbocycles. The maximum atomic E-state index is 12.3. The molecule has 1 saturated heterocycles. The van der Waals surface area contributed by atoms with Gasteiger partial charge in [-0.3, -0.25) is 9.69 Å². The molecule has 2 fully saturated rings. The van der Waals surface area contributed by atoms with E-state index < -0.39 is 5.54 Å². The smallest absolute Gasteiger partial charge is 0.240 e. The molecule has 26 heavy (non-hydrogen) atoms. The number of nitrogens with one attached hydrogen (secondary N) is 1. The number of carbonyl (C=O) groups excluding carboxylic acids is 1. The highest BCUT2D eigenvalue weighted by Crippen LogP contribution is 2.27. The third kappa shape index (κ3) is 6.41. The second kappa shape index (κ2) is 11.1. The molecule has 1 aliphatic heterocycles. The van der Waals surface area contributed by atoms with Crippen LogP contribution in [-0.2, 0) is 17.9 Å². The van der Waals surface area contributed by atoms with Crippen molar-refractivity contribution in [2.75, 3.05) is 13.1 Å². The lowest BCUT2D eigenvalue weighted by molar-refractivity contribution is -0.126. The van der Waals surface area contributed by atoms with Gasteiger partial charge < -0.3 is 11.1 Å². The monoisotopic (exact) mass is 401 g/mol. The van der Waals surface area contributed by atoms with Gasteiger partial charge in [0.05, 0.1) is 5.54 Å². The van der Waals surface area contributed by atoms with E-state index in [9.17, 15) is 4.79 Å². The second-order valence-electron chi connectivity index (χ2n) is 7.55. The van der Waals surface area contributed by atoms with E-state index in [1.807, 2.05) is 0 Å². The summed E-state index contributed by atoms with van der Waals surface area (Å²) in [5.41, 5.74) is 8.06. The number of rotatable bonds is 5. The minimum Gasteiger partial charge on any atom is -0.350 e. The Balaban J connectivity index is 0.00000169. The molecule has 0 unspecified atom stereocenters. The topological polar surface area (TPSA) is 58.4 Å². The molecule has 1 aromatic carbocycles. The van der Waals surface area contributed by atoms with Gasteiger partial charge in [-0.1, -0.05) is 49.9 Å². The van der Waals surface area contributed by atoms with E-state index in [-0.39, 0.29) is 30.7 Å². The third-order valence-corrected chi connectivity index (χ3v) is 5.53. The van der Waals surface area contributed by atoms with Gasteiger partial charge in [0.2, 0.25) is 5.91 Å². The number of hydrogen-bond acceptors (Lipinski definition) is 3. The van der Waals surface area contributed by atoms with Crippen molar-refractivity contribution in [1.82, 2.24) is 10.2 Å². The maximum absolute atomic E-state index is 12.3. The molecule has 2 aliphatic rings. The Bertz CT molecular complexity index is 536. The summed E-state index contributed by atoms with van der Waals surface area (Å²) in [5, 5.41) is 3.02. The van der Waals surface area contributed by atoms with Crippen LogP contribution in [0, 0.1) is 0 Å². The van der Waals surface area contributed by atoms with Crippen molar-refractivity contribution in [3.8, 4) is 0 Å². The van der Waals surface area contributed by atoms with Crippen LogP contribution in [-0.4, -0.2) is 29.4 Å². The fraction of sp³-hybridized carbons (Fsp3) is 0.650. The fourth-order valence-electron chi connectivity index (χ4n) is 3.91. The Morgan fingerprint density at radius 1 is 0.923 bits per heavy atom. The molecule has 0 aromatic heterocycles. The molecule has 4 nitrogen and oxygen atoms in total. The van der Waals surface area contributed by atoms with Crippen molar-refractivity contribution in [3.05, 3.63) is 35.4 Å². The van der Waals surface area contributed by atoms with Gasteiger partial charge >= 0.3 is 0 Å². The number of nitrogens with two attached hydrogens (primary N) is 1. The molecule has 0 bridgehead atoms. The van der Waals surface area contributed by atoms with Gasteiger partial charge in [0.1, 0.15) is 0 Å². The van der Waals surface area contributed by atoms with Crippen LogP contribution in [0.4, 0.5) is 0 Å². The zero-order valence-electron chi connectivity index (χ0n) is 15.5. The van der Waals surface area contributed by atoms with E-state index >= 15 is 0 Å². The summed E-state index contributed by atoms with van der Waals surface area (Å²) in [6.45, 7) is 4.05. The quantitative estimate of drug-likeness (QED) is 0.788. The number of amides is 1. The summed E-state index contributed by atoms with van der Waals surface area (Å²) >= 11 is 0. The van der Waals surface area contributed by atoms with Crippen molar-refractivity contribution >= 4 is 30.7 Å². The molecule has 0 spiro atoms. The lowest BCUT2D eigenvalue weighted by Gasteiger charge is -2.22. The van der Waals surface area contributed by atoms with E-state index in [0.29, 0.717) is 6.54 Å². The minimum atomic E-state index is -0.632. The highest BCUT2D eigenvalue weighted by molar-refractivity contribution is 5.86. The zero-order chi connectivity index (χ0) is 16.8. The Morgan fingerprint density at radius 3 is 2.04 bits per heavy atom. The van der Waals surface area contributed by atoms with Crippen molar-refractivity contribution < 1.29 is 4.79 Å². The highest BCUT2D eigenvalue weighted by Gasteiger charge is 2.36. The van der Waals surface area contributed by atoms with E-state index in [1.54, 1.807) is 0 Å². The van der Waals surface area contributed by atoms with Gasteiger partial charge in [0.25, 0.3) is 0 Å². The second-order valence-corrected chi connectivity index (χ2v) is 7.55. The number of carbonyl (C=O) groups is 1. The normalized spacial score (nSPS) is 19.7. The summed E-state index contributed by atoms with van der Waals surface area (Å²) in [6, 6.07) is 8.65. The highest BCUT2D eigenvalue weighted by atomic mass is 35.5. The van der Waals surface area contributed by atoms with Crippen LogP contribution in [0.5, 0.6) is 0 Å². The van der Waals surface area contributed by atoms with E-state index in [4.69, 9.17) is 5.73 Å². The lowest BCUT2D eigenvalue weighted by atomic mass is 9.98. The first kappa shape index (κ1) is 23.2. The number of halogens is 2. The first-order valence-corrected chi connectivity index (χ1v) is 9.53. The van der Waals surface area contributed by atoms with Crippen molar-refractivity contribution in [2.24, 2.45) is 5.73 Å². The fourth-order valence-corrected chi connectivity index (χ4v) is 3.91. The van der Waals surface area contributed by atoms with Gasteiger partial charge in [0, 0.05) is 13.1 Å². The molecule has 1 heterocycles. The minimum absolute atomic E-state index is 0. The summed E-state index contributed by atoms with van der Waals surface area (Å²) in [5.74, 6) is 0.00800. The molecule has 3 N–H and O–H groups in total. The Labute approximate surface area is 170 Å². The maximum Gasteiger partial charge on any atom is 0.240 e. The van der Waals surface area contributed by atoms with E-state index in [0.717, 1.165) is 37.8 Å². The van der Waals surface area contributed by atoms with Gasteiger partial charge in [-0.05, 0) is 49.9 Å². The Hall–Kier alpha value is -0.810. The summed E-state index contributed by atoms with van der Waals surface area (Å²) in [6.07, 6.45) is 9.15. The van der Waals surface area contributed by atoms with E-state index in [1.165, 1.54) is 44.3 Å². The average molecular weight is 402 g/mol. The zero-order valence-corrected chi connectivity index (χ0v) is 17.2. The molecule has 6 heteroatoms. The van der Waals surface area contributed by atoms with Crippen LogP contribution < -0.4 is 11.1 Å². The van der Waals surface area contributed by atoms with Gasteiger partial charge in [-0.2, -0.15) is 0 Å². The predicted molar refractivity (Wildman–Crippen MR) is 112 cm³/mol. The first-order valence-electron chi connectivity index (χ1n) is 9.53. The molecule has 0 radical (unpaired) electrons. The molecule has 1 aromatic rings. The Kier molecular flexibility index (Phi) is 9.94. The first-order chi connectivity index (χ1) is 11.7. The van der Waals surface area contributed by atoms with E-state index in [2.05, 4.69) is 34.5 Å². The average Bonchev–Trinajstić information content (AvgIpc) is 2.89. The van der Waals surface area contributed by atoms with Gasteiger partial charge in [0.15, 0.2) is 0 Å². The number of nitrogens with zero attached hydrogens (tertiary/aromatic N) is 1. The Morgan fingerprint density at radius 2 is 1.46 bits per heavy atom. The van der Waals surface area contributed by atoms with Crippen LogP contribution >= 0.6 is 24.8 Å². The van der Waals surface area contributed by atoms with Crippen molar-refractivity contribution in [3.63, 3.8) is 0 Å². The summed E-state index contributed by atoms with van der Waals surface area (Å²) in [4.78, 5) is 14.8. The van der Waals surface area contributed by atoms with Gasteiger partial charge in [-0.15, -0.1) is 24.8 Å². The molecule has 3 rings (SSSR count). The number of benzene rings is 1. The number of hydrogen-bond donors (Lipinski definition) is 2. The molecular formula is C20H33Cl2N3O. The molecule has 1 amide bonds. The standard InChI is InChI=1S/C20H31N3O.2ClH/c21-20(11-3-4-12-20)19(24)22-15-17-7-9-18(10-8-17)16-23-13-5-1-2-6-14-23;;/h7-10H,1-6,11-16,21H2,(H,22,24);2*1H. The third-order valence-electron chi connectivity index (χ3n) is 5.53. The number of likely N-dealkylation sites (tertiary alicyclic amines) is 1. The molecule has 148 valence electrons. The SMILES string of the molecule is Cl.Cl.NC1(C(=O)NCc2ccc(CN3CCCCCC3)cc2)CCCC1. The largest absolute Gasteiger partial charge is 0.350 e. The molecular weight excluding hydrogens is 369 g/mol.